The van der Waals surface area contributed by atoms with E-state index in [0.29, 0.717) is 22.7 Å². The molecular weight excluding hydrogens is 451 g/mol. The largest absolute Gasteiger partial charge is 0.476 e. The minimum absolute atomic E-state index is 0.124. The summed E-state index contributed by atoms with van der Waals surface area (Å²) in [6.45, 7) is 1.91. The van der Waals surface area contributed by atoms with E-state index in [1.165, 1.54) is 29.1 Å². The average molecular weight is 477 g/mol. The third kappa shape index (κ3) is 4.84. The highest BCUT2D eigenvalue weighted by molar-refractivity contribution is 5.85. The van der Waals surface area contributed by atoms with Gasteiger partial charge in [0.15, 0.2) is 5.69 Å². The smallest absolute Gasteiger partial charge is 0.356 e. The van der Waals surface area contributed by atoms with Crippen LogP contribution in [0.15, 0.2) is 54.9 Å². The van der Waals surface area contributed by atoms with Crippen molar-refractivity contribution >= 4 is 28.4 Å². The van der Waals surface area contributed by atoms with Crippen LogP contribution in [0, 0.1) is 11.7 Å². The molecule has 0 saturated carbocycles. The summed E-state index contributed by atoms with van der Waals surface area (Å²) in [7, 11) is 2.08. The number of aromatic nitrogens is 4. The fraction of sp³-hybridized carbons (Fsp3) is 0.280. The second-order valence-electron chi connectivity index (χ2n) is 8.82. The number of anilines is 2. The van der Waals surface area contributed by atoms with Gasteiger partial charge in [-0.05, 0) is 69.2 Å². The minimum atomic E-state index is -1.15. The Morgan fingerprint density at radius 3 is 2.69 bits per heavy atom. The zero-order chi connectivity index (χ0) is 24.5. The molecule has 9 nitrogen and oxygen atoms in total. The number of likely N-dealkylation sites (tertiary alicyclic amines) is 1. The molecule has 1 fully saturated rings. The minimum Gasteiger partial charge on any atom is -0.476 e. The lowest BCUT2D eigenvalue weighted by Crippen LogP contribution is -2.32. The molecule has 1 aromatic carbocycles. The van der Waals surface area contributed by atoms with E-state index in [-0.39, 0.29) is 17.3 Å². The summed E-state index contributed by atoms with van der Waals surface area (Å²) in [5, 5.41) is 27.6. The van der Waals surface area contributed by atoms with Gasteiger partial charge >= 0.3 is 5.97 Å². The van der Waals surface area contributed by atoms with E-state index in [4.69, 9.17) is 5.11 Å². The van der Waals surface area contributed by atoms with E-state index in [9.17, 15) is 14.3 Å². The first-order valence-corrected chi connectivity index (χ1v) is 11.4. The molecule has 0 bridgehead atoms. The van der Waals surface area contributed by atoms with Crippen molar-refractivity contribution in [1.29, 1.82) is 0 Å². The molecule has 1 aliphatic heterocycles. The number of halogens is 1. The standard InChI is InChI=1S/C25H25FN6O3/c1-31-9-6-15(7-10-31)24(33)20-4-2-16-14-27-23(13-22(16)28-20)29-19-5-3-17(12-18(19)26)32-11-8-21(30-32)25(34)35/h2-5,8,11-15,24,33H,6-7,9-10H2,1H3,(H,27,29)(H,34,35). The summed E-state index contributed by atoms with van der Waals surface area (Å²) >= 11 is 0. The fourth-order valence-electron chi connectivity index (χ4n) is 4.32. The number of rotatable bonds is 6. The van der Waals surface area contributed by atoms with Gasteiger partial charge in [-0.3, -0.25) is 0 Å². The third-order valence-electron chi connectivity index (χ3n) is 6.40. The number of nitrogens with one attached hydrogen (secondary N) is 1. The van der Waals surface area contributed by atoms with Gasteiger partial charge in [-0.2, -0.15) is 5.10 Å². The first-order chi connectivity index (χ1) is 16.9. The van der Waals surface area contributed by atoms with Crippen LogP contribution in [0.4, 0.5) is 15.9 Å². The van der Waals surface area contributed by atoms with Crippen LogP contribution in [0.3, 0.4) is 0 Å². The van der Waals surface area contributed by atoms with Crippen molar-refractivity contribution in [3.63, 3.8) is 0 Å². The zero-order valence-electron chi connectivity index (χ0n) is 19.1. The molecule has 1 unspecified atom stereocenters. The molecule has 0 amide bonds. The molecule has 1 aliphatic rings. The van der Waals surface area contributed by atoms with Gasteiger partial charge in [0.2, 0.25) is 0 Å². The molecule has 180 valence electrons. The first kappa shape index (κ1) is 22.9. The van der Waals surface area contributed by atoms with Crippen molar-refractivity contribution in [3.05, 3.63) is 72.1 Å². The fourth-order valence-corrected chi connectivity index (χ4v) is 4.32. The van der Waals surface area contributed by atoms with Gasteiger partial charge in [0, 0.05) is 29.9 Å². The van der Waals surface area contributed by atoms with Gasteiger partial charge in [-0.1, -0.05) is 0 Å². The maximum Gasteiger partial charge on any atom is 0.356 e. The maximum absolute atomic E-state index is 14.8. The number of carbonyl (C=O) groups is 1. The molecule has 3 aromatic heterocycles. The number of benzene rings is 1. The second-order valence-corrected chi connectivity index (χ2v) is 8.82. The van der Waals surface area contributed by atoms with Crippen molar-refractivity contribution in [2.24, 2.45) is 5.92 Å². The lowest BCUT2D eigenvalue weighted by molar-refractivity contribution is 0.0629. The summed E-state index contributed by atoms with van der Waals surface area (Å²) in [5.41, 5.74) is 1.75. The predicted octanol–water partition coefficient (Wildman–Crippen LogP) is 3.77. The highest BCUT2D eigenvalue weighted by atomic mass is 19.1. The van der Waals surface area contributed by atoms with Crippen molar-refractivity contribution in [3.8, 4) is 5.69 Å². The molecule has 4 heterocycles. The van der Waals surface area contributed by atoms with Crippen LogP contribution in [-0.4, -0.2) is 61.0 Å². The van der Waals surface area contributed by atoms with Crippen molar-refractivity contribution in [1.82, 2.24) is 24.6 Å². The number of carboxylic acids is 1. The molecule has 1 atom stereocenters. The Labute approximate surface area is 200 Å². The molecule has 1 saturated heterocycles. The van der Waals surface area contributed by atoms with Gasteiger partial charge in [0.05, 0.1) is 28.7 Å². The Morgan fingerprint density at radius 1 is 1.17 bits per heavy atom. The highest BCUT2D eigenvalue weighted by Gasteiger charge is 2.26. The summed E-state index contributed by atoms with van der Waals surface area (Å²) < 4.78 is 16.1. The van der Waals surface area contributed by atoms with E-state index in [1.54, 1.807) is 18.3 Å². The summed E-state index contributed by atoms with van der Waals surface area (Å²) in [5.74, 6) is -1.11. The highest BCUT2D eigenvalue weighted by Crippen LogP contribution is 2.31. The number of aliphatic hydroxyl groups is 1. The Balaban J connectivity index is 1.35. The molecule has 5 rings (SSSR count). The van der Waals surface area contributed by atoms with Crippen molar-refractivity contribution in [2.75, 3.05) is 25.5 Å². The van der Waals surface area contributed by atoms with E-state index < -0.39 is 17.9 Å². The lowest BCUT2D eigenvalue weighted by atomic mass is 9.89. The number of aliphatic hydroxyl groups excluding tert-OH is 1. The molecule has 4 aromatic rings. The molecule has 0 radical (unpaired) electrons. The van der Waals surface area contributed by atoms with E-state index in [1.807, 2.05) is 12.1 Å². The molecule has 0 spiro atoms. The Hall–Kier alpha value is -3.89. The van der Waals surface area contributed by atoms with Gasteiger partial charge in [0.25, 0.3) is 0 Å². The van der Waals surface area contributed by atoms with Gasteiger partial charge < -0.3 is 20.4 Å². The quantitative estimate of drug-likeness (QED) is 0.385. The summed E-state index contributed by atoms with van der Waals surface area (Å²) in [6.07, 6.45) is 4.32. The molecule has 35 heavy (non-hydrogen) atoms. The van der Waals surface area contributed by atoms with Gasteiger partial charge in [-0.25, -0.2) is 23.8 Å². The van der Waals surface area contributed by atoms with Crippen molar-refractivity contribution in [2.45, 2.75) is 18.9 Å². The molecule has 3 N–H and O–H groups in total. The summed E-state index contributed by atoms with van der Waals surface area (Å²) in [4.78, 5) is 22.3. The van der Waals surface area contributed by atoms with E-state index >= 15 is 0 Å². The van der Waals surface area contributed by atoms with Gasteiger partial charge in [-0.15, -0.1) is 0 Å². The Kier molecular flexibility index (Phi) is 6.14. The van der Waals surface area contributed by atoms with Crippen LogP contribution in [0.1, 0.15) is 35.1 Å². The Bertz CT molecular complexity index is 1380. The number of hydrogen-bond acceptors (Lipinski definition) is 7. The van der Waals surface area contributed by atoms with Crippen LogP contribution in [0.2, 0.25) is 0 Å². The monoisotopic (exact) mass is 476 g/mol. The number of carboxylic acid groups (broad SMARTS) is 1. The lowest BCUT2D eigenvalue weighted by Gasteiger charge is -2.31. The maximum atomic E-state index is 14.8. The number of piperidine rings is 1. The zero-order valence-corrected chi connectivity index (χ0v) is 19.1. The molecule has 10 heteroatoms. The average Bonchev–Trinajstić information content (AvgIpc) is 3.36. The predicted molar refractivity (Wildman–Crippen MR) is 128 cm³/mol. The first-order valence-electron chi connectivity index (χ1n) is 11.4. The van der Waals surface area contributed by atoms with Crippen LogP contribution >= 0.6 is 0 Å². The number of fused-ring (bicyclic) bond motifs is 1. The van der Waals surface area contributed by atoms with Crippen LogP contribution in [0.25, 0.3) is 16.6 Å². The SMILES string of the molecule is CN1CCC(C(O)c2ccc3cnc(Nc4ccc(-n5ccc(C(=O)O)n5)cc4F)cc3n2)CC1. The number of hydrogen-bond donors (Lipinski definition) is 3. The molecular formula is C25H25FN6O3. The van der Waals surface area contributed by atoms with Crippen LogP contribution in [-0.2, 0) is 0 Å². The van der Waals surface area contributed by atoms with Gasteiger partial charge in [0.1, 0.15) is 11.6 Å². The number of nitrogens with zero attached hydrogens (tertiary/aromatic N) is 5. The second kappa shape index (κ2) is 9.40. The summed E-state index contributed by atoms with van der Waals surface area (Å²) in [6, 6.07) is 11.2. The van der Waals surface area contributed by atoms with Crippen molar-refractivity contribution < 1.29 is 19.4 Å². The number of pyridine rings is 2. The topological polar surface area (TPSA) is 116 Å². The van der Waals surface area contributed by atoms with Crippen LogP contribution < -0.4 is 5.32 Å². The molecule has 0 aliphatic carbocycles. The van der Waals surface area contributed by atoms with E-state index in [2.05, 4.69) is 32.3 Å². The third-order valence-corrected chi connectivity index (χ3v) is 6.40. The number of aromatic carboxylic acids is 1. The van der Waals surface area contributed by atoms with Crippen LogP contribution in [0.5, 0.6) is 0 Å². The normalized spacial score (nSPS) is 15.9. The Morgan fingerprint density at radius 2 is 1.97 bits per heavy atom. The van der Waals surface area contributed by atoms with E-state index in [0.717, 1.165) is 31.3 Å².